The quantitative estimate of drug-likeness (QED) is 0.154. The van der Waals surface area contributed by atoms with E-state index in [0.29, 0.717) is 32.4 Å². The highest BCUT2D eigenvalue weighted by atomic mass is 16.5. The molecule has 0 saturated carbocycles. The van der Waals surface area contributed by atoms with Crippen molar-refractivity contribution in [2.75, 3.05) is 19.7 Å². The van der Waals surface area contributed by atoms with Crippen molar-refractivity contribution in [1.82, 2.24) is 20.9 Å². The van der Waals surface area contributed by atoms with Gasteiger partial charge in [-0.2, -0.15) is 0 Å². The molecule has 0 aliphatic heterocycles. The first-order chi connectivity index (χ1) is 20.0. The lowest BCUT2D eigenvalue weighted by Gasteiger charge is -2.20. The van der Waals surface area contributed by atoms with Gasteiger partial charge >= 0.3 is 12.2 Å². The Morgan fingerprint density at radius 1 is 0.829 bits per heavy atom. The molecule has 0 unspecified atom stereocenters. The van der Waals surface area contributed by atoms with Gasteiger partial charge in [-0.15, -0.1) is 0 Å². The Hall–Kier alpha value is -4.79. The van der Waals surface area contributed by atoms with E-state index in [-0.39, 0.29) is 18.4 Å². The molecule has 1 aliphatic carbocycles. The van der Waals surface area contributed by atoms with Gasteiger partial charge in [-0.3, -0.25) is 4.79 Å². The summed E-state index contributed by atoms with van der Waals surface area (Å²) in [4.78, 5) is 40.1. The second-order valence-electron chi connectivity index (χ2n) is 10.2. The zero-order chi connectivity index (χ0) is 28.6. The standard InChI is InChI=1S/C32H34N4O5/c37-30(33-16-8-1-9-17-34-31(38)39)29(18-21-19-35-28-15-7-6-10-22(21)28)36-32(40)41-20-27-25-13-4-2-11-23(25)24-12-3-5-14-26(24)27/h2-7,10-15,19,27,29,34-35H,1,8-9,16-18,20H2,(H,33,37)(H,36,40)(H,38,39)/t29-/m1/s1. The molecule has 9 nitrogen and oxygen atoms in total. The first-order valence-electron chi connectivity index (χ1n) is 13.9. The summed E-state index contributed by atoms with van der Waals surface area (Å²) in [6.45, 7) is 0.949. The number of rotatable bonds is 12. The number of H-pyrrole nitrogens is 1. The van der Waals surface area contributed by atoms with Crippen LogP contribution in [-0.2, 0) is 16.0 Å². The summed E-state index contributed by atoms with van der Waals surface area (Å²) in [5.74, 6) is -0.378. The lowest BCUT2D eigenvalue weighted by atomic mass is 9.98. The van der Waals surface area contributed by atoms with Crippen LogP contribution in [0, 0.1) is 0 Å². The predicted octanol–water partition coefficient (Wildman–Crippen LogP) is 5.17. The Morgan fingerprint density at radius 2 is 1.46 bits per heavy atom. The lowest BCUT2D eigenvalue weighted by molar-refractivity contribution is -0.123. The van der Waals surface area contributed by atoms with Crippen LogP contribution in [0.15, 0.2) is 79.0 Å². The summed E-state index contributed by atoms with van der Waals surface area (Å²) in [5, 5.41) is 17.7. The predicted molar refractivity (Wildman–Crippen MR) is 157 cm³/mol. The first-order valence-corrected chi connectivity index (χ1v) is 13.9. The van der Waals surface area contributed by atoms with Crippen molar-refractivity contribution < 1.29 is 24.2 Å². The molecule has 5 rings (SSSR count). The second-order valence-corrected chi connectivity index (χ2v) is 10.2. The number of para-hydroxylation sites is 1. The molecule has 212 valence electrons. The highest BCUT2D eigenvalue weighted by Gasteiger charge is 2.30. The van der Waals surface area contributed by atoms with E-state index in [1.807, 2.05) is 54.7 Å². The molecule has 5 N–H and O–H groups in total. The maximum absolute atomic E-state index is 13.2. The van der Waals surface area contributed by atoms with Gasteiger partial charge in [0.25, 0.3) is 0 Å². The van der Waals surface area contributed by atoms with Gasteiger partial charge in [0, 0.05) is 42.5 Å². The SMILES string of the molecule is O=C(O)NCCCCCNC(=O)[C@@H](Cc1c[nH]c2ccccc12)NC(=O)OCC1c2ccccc2-c2ccccc21. The minimum Gasteiger partial charge on any atom is -0.465 e. The van der Waals surface area contributed by atoms with Crippen LogP contribution in [0.4, 0.5) is 9.59 Å². The van der Waals surface area contributed by atoms with E-state index in [2.05, 4.69) is 45.2 Å². The molecule has 41 heavy (non-hydrogen) atoms. The number of alkyl carbamates (subject to hydrolysis) is 1. The number of unbranched alkanes of at least 4 members (excludes halogenated alkanes) is 2. The monoisotopic (exact) mass is 554 g/mol. The number of carbonyl (C=O) groups is 3. The number of hydrogen-bond acceptors (Lipinski definition) is 4. The molecule has 1 atom stereocenters. The van der Waals surface area contributed by atoms with Crippen LogP contribution < -0.4 is 16.0 Å². The van der Waals surface area contributed by atoms with Gasteiger partial charge in [-0.05, 0) is 53.1 Å². The number of carbonyl (C=O) groups excluding carboxylic acids is 2. The zero-order valence-electron chi connectivity index (χ0n) is 22.7. The van der Waals surface area contributed by atoms with E-state index in [4.69, 9.17) is 9.84 Å². The van der Waals surface area contributed by atoms with Crippen molar-refractivity contribution in [2.45, 2.75) is 37.6 Å². The lowest BCUT2D eigenvalue weighted by Crippen LogP contribution is -2.48. The number of carboxylic acid groups (broad SMARTS) is 1. The average Bonchev–Trinajstić information content (AvgIpc) is 3.54. The van der Waals surface area contributed by atoms with E-state index >= 15 is 0 Å². The van der Waals surface area contributed by atoms with Crippen molar-refractivity contribution in [3.8, 4) is 11.1 Å². The number of aromatic amines is 1. The maximum Gasteiger partial charge on any atom is 0.407 e. The number of hydrogen-bond donors (Lipinski definition) is 5. The van der Waals surface area contributed by atoms with Gasteiger partial charge in [-0.25, -0.2) is 9.59 Å². The molecule has 1 aromatic heterocycles. The number of fused-ring (bicyclic) bond motifs is 4. The molecule has 0 radical (unpaired) electrons. The normalized spacial score (nSPS) is 12.8. The molecular formula is C32H34N4O5. The molecule has 3 amide bonds. The number of nitrogens with one attached hydrogen (secondary N) is 4. The summed E-state index contributed by atoms with van der Waals surface area (Å²) < 4.78 is 5.72. The minimum atomic E-state index is -1.04. The molecule has 0 bridgehead atoms. The Balaban J connectivity index is 1.22. The van der Waals surface area contributed by atoms with E-state index in [1.54, 1.807) is 0 Å². The fourth-order valence-electron chi connectivity index (χ4n) is 5.47. The topological polar surface area (TPSA) is 133 Å². The summed E-state index contributed by atoms with van der Waals surface area (Å²) in [6, 6.07) is 23.3. The average molecular weight is 555 g/mol. The van der Waals surface area contributed by atoms with Crippen LogP contribution >= 0.6 is 0 Å². The molecule has 4 aromatic rings. The fourth-order valence-corrected chi connectivity index (χ4v) is 5.47. The minimum absolute atomic E-state index is 0.0790. The molecule has 1 aliphatic rings. The summed E-state index contributed by atoms with van der Waals surface area (Å²) in [5.41, 5.74) is 6.40. The van der Waals surface area contributed by atoms with Gasteiger partial charge in [0.05, 0.1) is 0 Å². The Bertz CT molecular complexity index is 1490. The zero-order valence-corrected chi connectivity index (χ0v) is 22.7. The van der Waals surface area contributed by atoms with Crippen LogP contribution in [0.5, 0.6) is 0 Å². The molecular weight excluding hydrogens is 520 g/mol. The van der Waals surface area contributed by atoms with Crippen LogP contribution in [0.3, 0.4) is 0 Å². The highest BCUT2D eigenvalue weighted by Crippen LogP contribution is 2.44. The van der Waals surface area contributed by atoms with Crippen molar-refractivity contribution in [3.63, 3.8) is 0 Å². The van der Waals surface area contributed by atoms with E-state index < -0.39 is 18.2 Å². The Labute approximate surface area is 238 Å². The third-order valence-electron chi connectivity index (χ3n) is 7.48. The van der Waals surface area contributed by atoms with Gasteiger partial charge in [0.15, 0.2) is 0 Å². The number of aromatic nitrogens is 1. The summed E-state index contributed by atoms with van der Waals surface area (Å²) >= 11 is 0. The molecule has 3 aromatic carbocycles. The van der Waals surface area contributed by atoms with Crippen molar-refractivity contribution in [1.29, 1.82) is 0 Å². The third kappa shape index (κ3) is 6.69. The second kappa shape index (κ2) is 13.0. The Morgan fingerprint density at radius 3 is 2.17 bits per heavy atom. The smallest absolute Gasteiger partial charge is 0.407 e. The molecule has 9 heteroatoms. The summed E-state index contributed by atoms with van der Waals surface area (Å²) in [6.07, 6.45) is 2.59. The summed E-state index contributed by atoms with van der Waals surface area (Å²) in [7, 11) is 0. The van der Waals surface area contributed by atoms with E-state index in [9.17, 15) is 14.4 Å². The Kier molecular flexibility index (Phi) is 8.83. The van der Waals surface area contributed by atoms with Gasteiger partial charge in [0.1, 0.15) is 12.6 Å². The first kappa shape index (κ1) is 27.8. The molecule has 1 heterocycles. The highest BCUT2D eigenvalue weighted by molar-refractivity contribution is 5.88. The molecule has 0 fully saturated rings. The van der Waals surface area contributed by atoms with E-state index in [1.165, 1.54) is 0 Å². The van der Waals surface area contributed by atoms with Crippen LogP contribution in [-0.4, -0.2) is 53.9 Å². The van der Waals surface area contributed by atoms with Crippen LogP contribution in [0.1, 0.15) is 41.9 Å². The van der Waals surface area contributed by atoms with Crippen molar-refractivity contribution in [2.24, 2.45) is 0 Å². The van der Waals surface area contributed by atoms with Gasteiger partial charge in [0.2, 0.25) is 5.91 Å². The van der Waals surface area contributed by atoms with Crippen molar-refractivity contribution in [3.05, 3.63) is 95.7 Å². The van der Waals surface area contributed by atoms with Crippen molar-refractivity contribution >= 4 is 29.0 Å². The van der Waals surface area contributed by atoms with Gasteiger partial charge < -0.3 is 30.8 Å². The molecule has 0 saturated heterocycles. The largest absolute Gasteiger partial charge is 0.465 e. The number of benzene rings is 3. The van der Waals surface area contributed by atoms with Crippen LogP contribution in [0.2, 0.25) is 0 Å². The number of ether oxygens (including phenoxy) is 1. The third-order valence-corrected chi connectivity index (χ3v) is 7.48. The number of amides is 3. The van der Waals surface area contributed by atoms with E-state index in [0.717, 1.165) is 45.1 Å². The molecule has 0 spiro atoms. The van der Waals surface area contributed by atoms with Gasteiger partial charge in [-0.1, -0.05) is 66.7 Å². The maximum atomic E-state index is 13.2. The fraction of sp³-hybridized carbons (Fsp3) is 0.281. The van der Waals surface area contributed by atoms with Crippen LogP contribution in [0.25, 0.3) is 22.0 Å².